The Bertz CT molecular complexity index is 1090. The smallest absolute Gasteiger partial charge is 0.317 e. The third kappa shape index (κ3) is 4.29. The molecule has 1 fully saturated rings. The summed E-state index contributed by atoms with van der Waals surface area (Å²) in [5.41, 5.74) is 6.02. The van der Waals surface area contributed by atoms with E-state index in [0.29, 0.717) is 11.7 Å². The Hall–Kier alpha value is -2.59. The highest BCUT2D eigenvalue weighted by molar-refractivity contribution is 6.30. The molecule has 2 amide bonds. The van der Waals surface area contributed by atoms with Crippen LogP contribution >= 0.6 is 11.6 Å². The summed E-state index contributed by atoms with van der Waals surface area (Å²) in [6.45, 7) is 6.60. The van der Waals surface area contributed by atoms with Gasteiger partial charge >= 0.3 is 6.03 Å². The molecule has 4 nitrogen and oxygen atoms in total. The van der Waals surface area contributed by atoms with Crippen LogP contribution in [0.15, 0.2) is 42.5 Å². The fraction of sp³-hybridized carbons (Fsp3) is 0.360. The largest absolute Gasteiger partial charge is 0.322 e. The molecule has 0 bridgehead atoms. The van der Waals surface area contributed by atoms with Gasteiger partial charge in [0, 0.05) is 22.7 Å². The lowest BCUT2D eigenvalue weighted by molar-refractivity contribution is 0.184. The van der Waals surface area contributed by atoms with E-state index in [4.69, 9.17) is 11.6 Å². The molecule has 0 aliphatic heterocycles. The van der Waals surface area contributed by atoms with Crippen LogP contribution in [0.2, 0.25) is 5.15 Å². The van der Waals surface area contributed by atoms with Crippen molar-refractivity contribution in [3.8, 4) is 0 Å². The molecule has 0 spiro atoms. The number of fused-ring (bicyclic) bond motifs is 1. The number of nitrogens with zero attached hydrogens (tertiary/aromatic N) is 2. The zero-order valence-electron chi connectivity index (χ0n) is 17.8. The summed E-state index contributed by atoms with van der Waals surface area (Å²) >= 11 is 6.59. The number of hydrogen-bond donors (Lipinski definition) is 1. The Balaban J connectivity index is 1.66. The van der Waals surface area contributed by atoms with E-state index in [-0.39, 0.29) is 12.1 Å². The van der Waals surface area contributed by atoms with E-state index in [1.54, 1.807) is 0 Å². The van der Waals surface area contributed by atoms with Gasteiger partial charge in [0.25, 0.3) is 0 Å². The second-order valence-corrected chi connectivity index (χ2v) is 8.76. The quantitative estimate of drug-likeness (QED) is 0.471. The summed E-state index contributed by atoms with van der Waals surface area (Å²) in [7, 11) is 0. The molecule has 1 aromatic heterocycles. The first kappa shape index (κ1) is 20.7. The van der Waals surface area contributed by atoms with Crippen LogP contribution in [0.3, 0.4) is 0 Å². The fourth-order valence-corrected chi connectivity index (χ4v) is 4.65. The van der Waals surface area contributed by atoms with Crippen molar-refractivity contribution in [3.05, 3.63) is 69.9 Å². The average Bonchev–Trinajstić information content (AvgIpc) is 3.23. The number of carbonyl (C=O) groups is 1. The van der Waals surface area contributed by atoms with Crippen LogP contribution in [0, 0.1) is 20.8 Å². The molecule has 1 N–H and O–H groups in total. The van der Waals surface area contributed by atoms with Crippen LogP contribution in [0.25, 0.3) is 10.9 Å². The number of anilines is 1. The number of rotatable bonds is 4. The number of amides is 2. The van der Waals surface area contributed by atoms with E-state index in [1.807, 2.05) is 36.1 Å². The SMILES string of the molecule is Cc1cc(C)c2nc(Cl)c(CN(C(=O)Nc3ccccc3C)C3CCCC3)cc2c1. The Labute approximate surface area is 183 Å². The van der Waals surface area contributed by atoms with Gasteiger partial charge in [-0.2, -0.15) is 0 Å². The lowest BCUT2D eigenvalue weighted by Gasteiger charge is -2.30. The van der Waals surface area contributed by atoms with Crippen molar-refractivity contribution in [2.45, 2.75) is 59.0 Å². The lowest BCUT2D eigenvalue weighted by Crippen LogP contribution is -2.41. The molecule has 1 saturated carbocycles. The molecule has 0 unspecified atom stereocenters. The van der Waals surface area contributed by atoms with E-state index < -0.39 is 0 Å². The summed E-state index contributed by atoms with van der Waals surface area (Å²) in [6.07, 6.45) is 4.36. The minimum Gasteiger partial charge on any atom is -0.317 e. The van der Waals surface area contributed by atoms with Gasteiger partial charge < -0.3 is 10.2 Å². The third-order valence-electron chi connectivity index (χ3n) is 6.03. The standard InChI is InChI=1S/C25H28ClN3O/c1-16-12-18(3)23-19(13-16)14-20(24(26)28-23)15-29(21-9-5-6-10-21)25(30)27-22-11-7-4-8-17(22)2/h4,7-8,11-14,21H,5-6,9-10,15H2,1-3H3,(H,27,30). The van der Waals surface area contributed by atoms with Crippen molar-refractivity contribution < 1.29 is 4.79 Å². The highest BCUT2D eigenvalue weighted by Gasteiger charge is 2.28. The van der Waals surface area contributed by atoms with Gasteiger partial charge in [0.1, 0.15) is 5.15 Å². The van der Waals surface area contributed by atoms with Crippen LogP contribution in [0.4, 0.5) is 10.5 Å². The Kier molecular flexibility index (Phi) is 5.96. The first-order valence-corrected chi connectivity index (χ1v) is 11.0. The van der Waals surface area contributed by atoms with Crippen LogP contribution in [-0.4, -0.2) is 22.0 Å². The zero-order chi connectivity index (χ0) is 21.3. The summed E-state index contributed by atoms with van der Waals surface area (Å²) < 4.78 is 0. The molecule has 0 radical (unpaired) electrons. The molecule has 4 rings (SSSR count). The number of aromatic nitrogens is 1. The Morgan fingerprint density at radius 1 is 1.10 bits per heavy atom. The lowest BCUT2D eigenvalue weighted by atomic mass is 10.0. The number of benzene rings is 2. The summed E-state index contributed by atoms with van der Waals surface area (Å²) in [6, 6.07) is 14.3. The number of urea groups is 1. The monoisotopic (exact) mass is 421 g/mol. The number of aryl methyl sites for hydroxylation is 3. The van der Waals surface area contributed by atoms with Gasteiger partial charge in [-0.3, -0.25) is 0 Å². The van der Waals surface area contributed by atoms with E-state index in [0.717, 1.165) is 59.0 Å². The molecule has 3 aromatic rings. The highest BCUT2D eigenvalue weighted by Crippen LogP contribution is 2.30. The predicted octanol–water partition coefficient (Wildman–Crippen LogP) is 6.79. The molecule has 0 atom stereocenters. The molecule has 1 aliphatic rings. The Morgan fingerprint density at radius 2 is 1.83 bits per heavy atom. The van der Waals surface area contributed by atoms with E-state index in [1.165, 1.54) is 5.56 Å². The first-order valence-electron chi connectivity index (χ1n) is 10.6. The molecular weight excluding hydrogens is 394 g/mol. The number of nitrogens with one attached hydrogen (secondary N) is 1. The molecule has 5 heteroatoms. The van der Waals surface area contributed by atoms with E-state index >= 15 is 0 Å². The molecule has 1 aliphatic carbocycles. The van der Waals surface area contributed by atoms with Crippen LogP contribution in [-0.2, 0) is 6.54 Å². The molecule has 0 saturated heterocycles. The maximum atomic E-state index is 13.3. The second-order valence-electron chi connectivity index (χ2n) is 8.40. The summed E-state index contributed by atoms with van der Waals surface area (Å²) in [5, 5.41) is 4.65. The average molecular weight is 422 g/mol. The van der Waals surface area contributed by atoms with Crippen LogP contribution < -0.4 is 5.32 Å². The number of pyridine rings is 1. The van der Waals surface area contributed by atoms with Crippen LogP contribution in [0.5, 0.6) is 0 Å². The van der Waals surface area contributed by atoms with Crippen molar-refractivity contribution in [1.29, 1.82) is 0 Å². The van der Waals surface area contributed by atoms with Crippen molar-refractivity contribution >= 4 is 34.2 Å². The van der Waals surface area contributed by atoms with Crippen molar-refractivity contribution in [1.82, 2.24) is 9.88 Å². The molecular formula is C25H28ClN3O. The van der Waals surface area contributed by atoms with Gasteiger partial charge in [-0.25, -0.2) is 9.78 Å². The summed E-state index contributed by atoms with van der Waals surface area (Å²) in [4.78, 5) is 19.9. The number of para-hydroxylation sites is 1. The van der Waals surface area contributed by atoms with Crippen molar-refractivity contribution in [2.75, 3.05) is 5.32 Å². The molecule has 2 aromatic carbocycles. The van der Waals surface area contributed by atoms with E-state index in [2.05, 4.69) is 42.3 Å². The third-order valence-corrected chi connectivity index (χ3v) is 6.36. The minimum atomic E-state index is -0.0761. The normalized spacial score (nSPS) is 14.3. The molecule has 30 heavy (non-hydrogen) atoms. The predicted molar refractivity (Wildman–Crippen MR) is 124 cm³/mol. The van der Waals surface area contributed by atoms with Gasteiger partial charge in [-0.1, -0.05) is 54.3 Å². The minimum absolute atomic E-state index is 0.0761. The van der Waals surface area contributed by atoms with Crippen molar-refractivity contribution in [2.24, 2.45) is 0 Å². The summed E-state index contributed by atoms with van der Waals surface area (Å²) in [5.74, 6) is 0. The van der Waals surface area contributed by atoms with Crippen molar-refractivity contribution in [3.63, 3.8) is 0 Å². The fourth-order valence-electron chi connectivity index (χ4n) is 4.45. The number of halogens is 1. The number of carbonyl (C=O) groups excluding carboxylic acids is 1. The first-order chi connectivity index (χ1) is 14.4. The van der Waals surface area contributed by atoms with Crippen LogP contribution in [0.1, 0.15) is 47.9 Å². The van der Waals surface area contributed by atoms with Gasteiger partial charge in [0.05, 0.1) is 12.1 Å². The Morgan fingerprint density at radius 3 is 2.57 bits per heavy atom. The van der Waals surface area contributed by atoms with Gasteiger partial charge in [0.15, 0.2) is 0 Å². The molecule has 156 valence electrons. The van der Waals surface area contributed by atoms with Gasteiger partial charge in [-0.05, 0) is 62.9 Å². The zero-order valence-corrected chi connectivity index (χ0v) is 18.6. The van der Waals surface area contributed by atoms with E-state index in [9.17, 15) is 4.79 Å². The highest BCUT2D eigenvalue weighted by atomic mass is 35.5. The topological polar surface area (TPSA) is 45.2 Å². The van der Waals surface area contributed by atoms with Gasteiger partial charge in [-0.15, -0.1) is 0 Å². The molecule has 1 heterocycles. The maximum absolute atomic E-state index is 13.3. The maximum Gasteiger partial charge on any atom is 0.322 e. The second kappa shape index (κ2) is 8.65. The number of hydrogen-bond acceptors (Lipinski definition) is 2. The van der Waals surface area contributed by atoms with Gasteiger partial charge in [0.2, 0.25) is 0 Å².